The van der Waals surface area contributed by atoms with Crippen LogP contribution in [0.2, 0.25) is 0 Å². The smallest absolute Gasteiger partial charge is 0.136 e. The van der Waals surface area contributed by atoms with Crippen LogP contribution in [0.4, 0.5) is 0 Å². The standard InChI is InChI=1S/C13H16O/c1-9-4-3-5-11(8-9)12-6-7-13(14)10(12)2/h3-5,8,10,12H,6-7H2,1-2H3. The van der Waals surface area contributed by atoms with Gasteiger partial charge in [0.1, 0.15) is 5.78 Å². The zero-order chi connectivity index (χ0) is 10.1. The van der Waals surface area contributed by atoms with E-state index < -0.39 is 0 Å². The van der Waals surface area contributed by atoms with Gasteiger partial charge in [-0.15, -0.1) is 0 Å². The van der Waals surface area contributed by atoms with Crippen LogP contribution in [-0.4, -0.2) is 5.78 Å². The summed E-state index contributed by atoms with van der Waals surface area (Å²) in [4.78, 5) is 11.4. The second kappa shape index (κ2) is 3.56. The van der Waals surface area contributed by atoms with Crippen molar-refractivity contribution in [3.63, 3.8) is 0 Å². The van der Waals surface area contributed by atoms with Gasteiger partial charge < -0.3 is 0 Å². The van der Waals surface area contributed by atoms with Crippen molar-refractivity contribution < 1.29 is 4.79 Å². The first-order valence-electron chi connectivity index (χ1n) is 5.28. The second-order valence-electron chi connectivity index (χ2n) is 4.31. The van der Waals surface area contributed by atoms with E-state index in [0.717, 1.165) is 12.8 Å². The van der Waals surface area contributed by atoms with Crippen LogP contribution in [-0.2, 0) is 4.79 Å². The highest BCUT2D eigenvalue weighted by Crippen LogP contribution is 2.36. The van der Waals surface area contributed by atoms with Gasteiger partial charge in [0.15, 0.2) is 0 Å². The molecule has 1 aromatic rings. The van der Waals surface area contributed by atoms with Crippen LogP contribution < -0.4 is 0 Å². The molecule has 1 aliphatic rings. The number of rotatable bonds is 1. The summed E-state index contributed by atoms with van der Waals surface area (Å²) >= 11 is 0. The van der Waals surface area contributed by atoms with E-state index in [-0.39, 0.29) is 5.92 Å². The first-order chi connectivity index (χ1) is 6.68. The number of hydrogen-bond donors (Lipinski definition) is 0. The molecule has 2 unspecified atom stereocenters. The van der Waals surface area contributed by atoms with Crippen LogP contribution in [0.25, 0.3) is 0 Å². The third-order valence-electron chi connectivity index (χ3n) is 3.28. The van der Waals surface area contributed by atoms with Crippen LogP contribution in [0.3, 0.4) is 0 Å². The first-order valence-corrected chi connectivity index (χ1v) is 5.28. The van der Waals surface area contributed by atoms with Crippen LogP contribution in [0.15, 0.2) is 24.3 Å². The Morgan fingerprint density at radius 3 is 2.71 bits per heavy atom. The maximum absolute atomic E-state index is 11.4. The molecule has 1 saturated carbocycles. The van der Waals surface area contributed by atoms with E-state index in [0.29, 0.717) is 11.7 Å². The van der Waals surface area contributed by atoms with Gasteiger partial charge in [-0.25, -0.2) is 0 Å². The molecule has 0 amide bonds. The SMILES string of the molecule is Cc1cccc(C2CCC(=O)C2C)c1. The zero-order valence-corrected chi connectivity index (χ0v) is 8.79. The van der Waals surface area contributed by atoms with Gasteiger partial charge >= 0.3 is 0 Å². The summed E-state index contributed by atoms with van der Waals surface area (Å²) in [5.41, 5.74) is 2.62. The molecule has 74 valence electrons. The molecule has 0 bridgehead atoms. The predicted molar refractivity (Wildman–Crippen MR) is 57.3 cm³/mol. The van der Waals surface area contributed by atoms with Crippen LogP contribution >= 0.6 is 0 Å². The lowest BCUT2D eigenvalue weighted by Crippen LogP contribution is -2.08. The van der Waals surface area contributed by atoms with Crippen molar-refractivity contribution in [1.82, 2.24) is 0 Å². The Kier molecular flexibility index (Phi) is 2.40. The molecular formula is C13H16O. The van der Waals surface area contributed by atoms with E-state index >= 15 is 0 Å². The Bertz CT molecular complexity index is 354. The minimum atomic E-state index is 0.219. The molecule has 1 aliphatic carbocycles. The molecule has 14 heavy (non-hydrogen) atoms. The summed E-state index contributed by atoms with van der Waals surface area (Å²) in [5, 5.41) is 0. The minimum absolute atomic E-state index is 0.219. The summed E-state index contributed by atoms with van der Waals surface area (Å²) in [7, 11) is 0. The average Bonchev–Trinajstić information content (AvgIpc) is 2.48. The Hall–Kier alpha value is -1.11. The van der Waals surface area contributed by atoms with E-state index in [1.807, 2.05) is 0 Å². The predicted octanol–water partition coefficient (Wildman–Crippen LogP) is 3.08. The molecule has 1 fully saturated rings. The number of ketones is 1. The van der Waals surface area contributed by atoms with Gasteiger partial charge in [0.2, 0.25) is 0 Å². The van der Waals surface area contributed by atoms with Gasteiger partial charge in [-0.3, -0.25) is 4.79 Å². The molecule has 1 nitrogen and oxygen atoms in total. The molecule has 0 spiro atoms. The van der Waals surface area contributed by atoms with Crippen molar-refractivity contribution in [1.29, 1.82) is 0 Å². The molecule has 0 radical (unpaired) electrons. The second-order valence-corrected chi connectivity index (χ2v) is 4.31. The Labute approximate surface area is 85.1 Å². The van der Waals surface area contributed by atoms with Crippen LogP contribution in [0.1, 0.15) is 36.8 Å². The monoisotopic (exact) mass is 188 g/mol. The highest BCUT2D eigenvalue weighted by atomic mass is 16.1. The lowest BCUT2D eigenvalue weighted by atomic mass is 9.89. The molecule has 0 saturated heterocycles. The van der Waals surface area contributed by atoms with E-state index in [1.165, 1.54) is 11.1 Å². The lowest BCUT2D eigenvalue weighted by Gasteiger charge is -2.14. The molecule has 0 aromatic heterocycles. The molecule has 1 heteroatoms. The number of carbonyl (C=O) groups excluding carboxylic acids is 1. The molecule has 0 aliphatic heterocycles. The fraction of sp³-hybridized carbons (Fsp3) is 0.462. The maximum Gasteiger partial charge on any atom is 0.136 e. The summed E-state index contributed by atoms with van der Waals surface area (Å²) in [6.45, 7) is 4.16. The summed E-state index contributed by atoms with van der Waals surface area (Å²) in [6.07, 6.45) is 1.79. The third kappa shape index (κ3) is 1.59. The number of hydrogen-bond acceptors (Lipinski definition) is 1. The van der Waals surface area contributed by atoms with E-state index in [2.05, 4.69) is 38.1 Å². The molecule has 2 atom stereocenters. The van der Waals surface area contributed by atoms with E-state index in [1.54, 1.807) is 0 Å². The average molecular weight is 188 g/mol. The number of carbonyl (C=O) groups is 1. The van der Waals surface area contributed by atoms with Gasteiger partial charge in [-0.2, -0.15) is 0 Å². The molecule has 0 N–H and O–H groups in total. The zero-order valence-electron chi connectivity index (χ0n) is 8.79. The summed E-state index contributed by atoms with van der Waals surface area (Å²) in [5.74, 6) is 1.11. The van der Waals surface area contributed by atoms with Crippen molar-refractivity contribution >= 4 is 5.78 Å². The molecule has 0 heterocycles. The van der Waals surface area contributed by atoms with Crippen molar-refractivity contribution in [3.05, 3.63) is 35.4 Å². The number of aryl methyl sites for hydroxylation is 1. The number of benzene rings is 1. The Balaban J connectivity index is 2.28. The quantitative estimate of drug-likeness (QED) is 0.662. The Morgan fingerprint density at radius 2 is 2.14 bits per heavy atom. The minimum Gasteiger partial charge on any atom is -0.299 e. The van der Waals surface area contributed by atoms with Crippen LogP contribution in [0.5, 0.6) is 0 Å². The molecular weight excluding hydrogens is 172 g/mol. The van der Waals surface area contributed by atoms with Crippen molar-refractivity contribution in [2.24, 2.45) is 5.92 Å². The van der Waals surface area contributed by atoms with Gasteiger partial charge in [0, 0.05) is 12.3 Å². The highest BCUT2D eigenvalue weighted by Gasteiger charge is 2.31. The fourth-order valence-corrected chi connectivity index (χ4v) is 2.36. The molecule has 1 aromatic carbocycles. The van der Waals surface area contributed by atoms with Gasteiger partial charge in [-0.1, -0.05) is 36.8 Å². The fourth-order valence-electron chi connectivity index (χ4n) is 2.36. The molecule has 2 rings (SSSR count). The number of Topliss-reactive ketones (excluding diaryl/α,β-unsaturated/α-hetero) is 1. The van der Waals surface area contributed by atoms with Gasteiger partial charge in [0.05, 0.1) is 0 Å². The van der Waals surface area contributed by atoms with E-state index in [4.69, 9.17) is 0 Å². The Morgan fingerprint density at radius 1 is 1.36 bits per heavy atom. The van der Waals surface area contributed by atoms with Crippen LogP contribution in [0, 0.1) is 12.8 Å². The topological polar surface area (TPSA) is 17.1 Å². The first kappa shape index (κ1) is 9.45. The van der Waals surface area contributed by atoms with Gasteiger partial charge in [-0.05, 0) is 24.8 Å². The largest absolute Gasteiger partial charge is 0.299 e. The highest BCUT2D eigenvalue weighted by molar-refractivity contribution is 5.84. The summed E-state index contributed by atoms with van der Waals surface area (Å²) in [6, 6.07) is 8.54. The van der Waals surface area contributed by atoms with Gasteiger partial charge in [0.25, 0.3) is 0 Å². The normalized spacial score (nSPS) is 26.9. The third-order valence-corrected chi connectivity index (χ3v) is 3.28. The lowest BCUT2D eigenvalue weighted by molar-refractivity contribution is -0.120. The van der Waals surface area contributed by atoms with Crippen molar-refractivity contribution in [2.75, 3.05) is 0 Å². The summed E-state index contributed by atoms with van der Waals surface area (Å²) < 4.78 is 0. The van der Waals surface area contributed by atoms with Crippen molar-refractivity contribution in [3.8, 4) is 0 Å². The van der Waals surface area contributed by atoms with E-state index in [9.17, 15) is 4.79 Å². The van der Waals surface area contributed by atoms with Crippen molar-refractivity contribution in [2.45, 2.75) is 32.6 Å². The maximum atomic E-state index is 11.4.